The molecule has 0 aromatic heterocycles. The van der Waals surface area contributed by atoms with Gasteiger partial charge in [0, 0.05) is 17.8 Å². The first-order valence-corrected chi connectivity index (χ1v) is 10.9. The van der Waals surface area contributed by atoms with Crippen LogP contribution in [0.4, 0.5) is 11.4 Å². The van der Waals surface area contributed by atoms with Gasteiger partial charge in [-0.1, -0.05) is 48.5 Å². The summed E-state index contributed by atoms with van der Waals surface area (Å²) in [7, 11) is 3.09. The summed E-state index contributed by atoms with van der Waals surface area (Å²) in [6.07, 6.45) is 1.82. The molecule has 6 nitrogen and oxygen atoms in total. The van der Waals surface area contributed by atoms with Crippen LogP contribution in [-0.2, 0) is 16.0 Å². The van der Waals surface area contributed by atoms with Crippen LogP contribution in [0.1, 0.15) is 17.5 Å². The molecule has 33 heavy (non-hydrogen) atoms. The lowest BCUT2D eigenvalue weighted by molar-refractivity contribution is -0.120. The van der Waals surface area contributed by atoms with Crippen molar-refractivity contribution in [2.24, 2.45) is 0 Å². The topological polar surface area (TPSA) is 59.1 Å². The molecule has 0 radical (unpaired) electrons. The Morgan fingerprint density at radius 2 is 1.36 bits per heavy atom. The molecule has 0 aliphatic carbocycles. The van der Waals surface area contributed by atoms with Gasteiger partial charge in [-0.3, -0.25) is 9.59 Å². The quantitative estimate of drug-likeness (QED) is 0.549. The van der Waals surface area contributed by atoms with Crippen LogP contribution in [0.5, 0.6) is 11.5 Å². The van der Waals surface area contributed by atoms with Crippen molar-refractivity contribution in [2.45, 2.75) is 12.8 Å². The standard InChI is InChI=1S/C27H24N2O4/c1-32-22-15-7-4-12-19(22)24-25(28-17-9-11-18-10-3-5-13-20(18)28)27(31)29(26(24)30)21-14-6-8-16-23(21)33-2/h3-8,10,12-16H,9,11,17H2,1-2H3. The molecule has 0 saturated carbocycles. The molecule has 0 spiro atoms. The fraction of sp³-hybridized carbons (Fsp3) is 0.185. The Morgan fingerprint density at radius 1 is 0.727 bits per heavy atom. The van der Waals surface area contributed by atoms with Gasteiger partial charge < -0.3 is 14.4 Å². The summed E-state index contributed by atoms with van der Waals surface area (Å²) < 4.78 is 11.0. The van der Waals surface area contributed by atoms with Crippen LogP contribution in [-0.4, -0.2) is 32.6 Å². The van der Waals surface area contributed by atoms with Gasteiger partial charge in [0.2, 0.25) is 0 Å². The van der Waals surface area contributed by atoms with Crippen LogP contribution in [0, 0.1) is 0 Å². The molecule has 3 aromatic rings. The van der Waals surface area contributed by atoms with Gasteiger partial charge in [-0.2, -0.15) is 0 Å². The number of methoxy groups -OCH3 is 2. The Labute approximate surface area is 192 Å². The summed E-state index contributed by atoms with van der Waals surface area (Å²) in [4.78, 5) is 31.1. The molecule has 166 valence electrons. The van der Waals surface area contributed by atoms with E-state index in [1.165, 1.54) is 12.0 Å². The Morgan fingerprint density at radius 3 is 2.12 bits per heavy atom. The van der Waals surface area contributed by atoms with Crippen LogP contribution in [0.25, 0.3) is 5.57 Å². The minimum atomic E-state index is -0.396. The number of anilines is 2. The van der Waals surface area contributed by atoms with E-state index >= 15 is 0 Å². The fourth-order valence-corrected chi connectivity index (χ4v) is 4.66. The smallest absolute Gasteiger partial charge is 0.282 e. The first kappa shape index (κ1) is 20.8. The zero-order valence-corrected chi connectivity index (χ0v) is 18.6. The van der Waals surface area contributed by atoms with Crippen molar-refractivity contribution < 1.29 is 19.1 Å². The highest BCUT2D eigenvalue weighted by Crippen LogP contribution is 2.43. The SMILES string of the molecule is COc1ccccc1C1=C(N2CCCc3ccccc32)C(=O)N(c2ccccc2OC)C1=O. The molecular formula is C27H24N2O4. The number of para-hydroxylation sites is 4. The lowest BCUT2D eigenvalue weighted by Crippen LogP contribution is -2.37. The van der Waals surface area contributed by atoms with Gasteiger partial charge >= 0.3 is 0 Å². The van der Waals surface area contributed by atoms with Crippen molar-refractivity contribution in [1.29, 1.82) is 0 Å². The maximum absolute atomic E-state index is 14.0. The molecule has 0 fully saturated rings. The van der Waals surface area contributed by atoms with E-state index in [9.17, 15) is 9.59 Å². The molecule has 2 aliphatic heterocycles. The van der Waals surface area contributed by atoms with Crippen molar-refractivity contribution in [3.05, 3.63) is 89.6 Å². The number of amides is 2. The first-order valence-electron chi connectivity index (χ1n) is 10.9. The Balaban J connectivity index is 1.74. The van der Waals surface area contributed by atoms with Crippen molar-refractivity contribution in [3.8, 4) is 11.5 Å². The highest BCUT2D eigenvalue weighted by atomic mass is 16.5. The van der Waals surface area contributed by atoms with Crippen LogP contribution >= 0.6 is 0 Å². The minimum Gasteiger partial charge on any atom is -0.496 e. The molecule has 0 saturated heterocycles. The second-order valence-electron chi connectivity index (χ2n) is 7.93. The van der Waals surface area contributed by atoms with Gasteiger partial charge in [-0.05, 0) is 42.7 Å². The number of carbonyl (C=O) groups excluding carboxylic acids is 2. The van der Waals surface area contributed by atoms with Gasteiger partial charge in [0.1, 0.15) is 17.2 Å². The lowest BCUT2D eigenvalue weighted by atomic mass is 9.98. The summed E-state index contributed by atoms with van der Waals surface area (Å²) in [6.45, 7) is 0.643. The maximum Gasteiger partial charge on any atom is 0.282 e. The Hall–Kier alpha value is -4.06. The molecule has 2 aliphatic rings. The van der Waals surface area contributed by atoms with Crippen molar-refractivity contribution in [2.75, 3.05) is 30.6 Å². The zero-order chi connectivity index (χ0) is 22.9. The number of rotatable bonds is 5. The van der Waals surface area contributed by atoms with Gasteiger partial charge in [0.05, 0.1) is 25.5 Å². The molecular weight excluding hydrogens is 416 g/mol. The summed E-state index contributed by atoms with van der Waals surface area (Å²) in [5.41, 5.74) is 3.82. The molecule has 2 amide bonds. The normalized spacial score (nSPS) is 15.7. The van der Waals surface area contributed by atoms with E-state index < -0.39 is 5.91 Å². The molecule has 0 N–H and O–H groups in total. The van der Waals surface area contributed by atoms with E-state index in [0.717, 1.165) is 24.1 Å². The lowest BCUT2D eigenvalue weighted by Gasteiger charge is -2.32. The number of fused-ring (bicyclic) bond motifs is 1. The van der Waals surface area contributed by atoms with E-state index in [4.69, 9.17) is 9.47 Å². The van der Waals surface area contributed by atoms with Crippen LogP contribution in [0.15, 0.2) is 78.5 Å². The molecule has 0 bridgehead atoms. The summed E-state index contributed by atoms with van der Waals surface area (Å²) in [6, 6.07) is 22.4. The van der Waals surface area contributed by atoms with Gasteiger partial charge in [-0.15, -0.1) is 0 Å². The number of benzene rings is 3. The molecule has 6 heteroatoms. The van der Waals surface area contributed by atoms with Crippen LogP contribution in [0.2, 0.25) is 0 Å². The highest BCUT2D eigenvalue weighted by Gasteiger charge is 2.45. The molecule has 3 aromatic carbocycles. The maximum atomic E-state index is 14.0. The summed E-state index contributed by atoms with van der Waals surface area (Å²) in [5.74, 6) is 0.228. The van der Waals surface area contributed by atoms with Gasteiger partial charge in [0.25, 0.3) is 11.8 Å². The summed E-state index contributed by atoms with van der Waals surface area (Å²) >= 11 is 0. The third-order valence-corrected chi connectivity index (χ3v) is 6.14. The third-order valence-electron chi connectivity index (χ3n) is 6.14. The first-order chi connectivity index (χ1) is 16.2. The predicted molar refractivity (Wildman–Crippen MR) is 128 cm³/mol. The second-order valence-corrected chi connectivity index (χ2v) is 7.93. The second kappa shape index (κ2) is 8.47. The Bertz CT molecular complexity index is 1280. The van der Waals surface area contributed by atoms with E-state index in [1.807, 2.05) is 47.4 Å². The van der Waals surface area contributed by atoms with Crippen LogP contribution < -0.4 is 19.3 Å². The van der Waals surface area contributed by atoms with E-state index in [0.29, 0.717) is 40.6 Å². The predicted octanol–water partition coefficient (Wildman–Crippen LogP) is 4.44. The number of hydrogen-bond donors (Lipinski definition) is 0. The third kappa shape index (κ3) is 3.35. The average molecular weight is 440 g/mol. The molecule has 0 unspecified atom stereocenters. The Kier molecular flexibility index (Phi) is 5.34. The van der Waals surface area contributed by atoms with Crippen molar-refractivity contribution in [1.82, 2.24) is 0 Å². The number of hydrogen-bond acceptors (Lipinski definition) is 5. The number of carbonyl (C=O) groups is 2. The zero-order valence-electron chi connectivity index (χ0n) is 18.6. The van der Waals surface area contributed by atoms with Gasteiger partial charge in [0.15, 0.2) is 0 Å². The fourth-order valence-electron chi connectivity index (χ4n) is 4.66. The monoisotopic (exact) mass is 440 g/mol. The largest absolute Gasteiger partial charge is 0.496 e. The summed E-state index contributed by atoms with van der Waals surface area (Å²) in [5, 5.41) is 0. The van der Waals surface area contributed by atoms with E-state index in [1.54, 1.807) is 31.4 Å². The molecule has 5 rings (SSSR count). The number of imide groups is 1. The molecule has 0 atom stereocenters. The van der Waals surface area contributed by atoms with E-state index in [-0.39, 0.29) is 5.91 Å². The number of nitrogens with zero attached hydrogens (tertiary/aromatic N) is 2. The van der Waals surface area contributed by atoms with E-state index in [2.05, 4.69) is 6.07 Å². The molecule has 2 heterocycles. The minimum absolute atomic E-state index is 0.333. The average Bonchev–Trinajstić information content (AvgIpc) is 3.12. The van der Waals surface area contributed by atoms with Crippen molar-refractivity contribution in [3.63, 3.8) is 0 Å². The van der Waals surface area contributed by atoms with Gasteiger partial charge in [-0.25, -0.2) is 4.90 Å². The van der Waals surface area contributed by atoms with Crippen LogP contribution in [0.3, 0.4) is 0 Å². The number of ether oxygens (including phenoxy) is 2. The number of aryl methyl sites for hydroxylation is 1. The van der Waals surface area contributed by atoms with Crippen molar-refractivity contribution >= 4 is 28.8 Å². The highest BCUT2D eigenvalue weighted by molar-refractivity contribution is 6.47.